The summed E-state index contributed by atoms with van der Waals surface area (Å²) < 4.78 is 25.2. The van der Waals surface area contributed by atoms with Crippen molar-refractivity contribution in [3.8, 4) is 0 Å². The van der Waals surface area contributed by atoms with Crippen molar-refractivity contribution < 1.29 is 13.2 Å². The molecule has 16 heavy (non-hydrogen) atoms. The molecule has 0 aliphatic carbocycles. The Morgan fingerprint density at radius 1 is 1.44 bits per heavy atom. The molecule has 1 aliphatic rings. The predicted octanol–water partition coefficient (Wildman–Crippen LogP) is -0.798. The average molecular weight is 241 g/mol. The van der Waals surface area contributed by atoms with E-state index < -0.39 is 10.0 Å². The first-order valence-corrected chi connectivity index (χ1v) is 6.21. The number of sulfonamides is 1. The number of piperazine rings is 1. The summed E-state index contributed by atoms with van der Waals surface area (Å²) in [6.07, 6.45) is 2.78. The van der Waals surface area contributed by atoms with Gasteiger partial charge in [0.25, 0.3) is 0 Å². The van der Waals surface area contributed by atoms with Crippen LogP contribution in [0, 0.1) is 0 Å². The first-order chi connectivity index (χ1) is 7.60. The maximum Gasteiger partial charge on any atom is 0.245 e. The van der Waals surface area contributed by atoms with Gasteiger partial charge in [-0.1, -0.05) is 0 Å². The Kier molecular flexibility index (Phi) is 2.88. The summed E-state index contributed by atoms with van der Waals surface area (Å²) in [5.41, 5.74) is 0. The minimum absolute atomic E-state index is 0.115. The summed E-state index contributed by atoms with van der Waals surface area (Å²) in [5.74, 6) is -0.279. The van der Waals surface area contributed by atoms with E-state index in [1.54, 1.807) is 6.07 Å². The molecule has 1 aromatic heterocycles. The van der Waals surface area contributed by atoms with Crippen molar-refractivity contribution >= 4 is 15.9 Å². The highest BCUT2D eigenvalue weighted by Crippen LogP contribution is 2.14. The Hall–Kier alpha value is -1.47. The number of amides is 1. The normalized spacial score (nSPS) is 18.1. The number of rotatable bonds is 2. The molecule has 0 saturated carbocycles. The molecule has 2 rings (SSSR count). The standard InChI is InChI=1S/C9H11N3O3S/c13-9-7-12(5-4-11-9)16(14,15)8-2-1-3-10-6-8/h1-3,6H,4-5,7H2,(H,11,13). The Balaban J connectivity index is 2.29. The molecular weight excluding hydrogens is 230 g/mol. The van der Waals surface area contributed by atoms with Gasteiger partial charge in [0, 0.05) is 25.5 Å². The fraction of sp³-hybridized carbons (Fsp3) is 0.333. The minimum atomic E-state index is -3.58. The van der Waals surface area contributed by atoms with Crippen molar-refractivity contribution in [3.63, 3.8) is 0 Å². The van der Waals surface area contributed by atoms with E-state index in [4.69, 9.17) is 0 Å². The summed E-state index contributed by atoms with van der Waals surface area (Å²) in [7, 11) is -3.58. The summed E-state index contributed by atoms with van der Waals surface area (Å²) >= 11 is 0. The van der Waals surface area contributed by atoms with Crippen LogP contribution < -0.4 is 5.32 Å². The van der Waals surface area contributed by atoms with E-state index in [1.165, 1.54) is 18.5 Å². The van der Waals surface area contributed by atoms with Crippen LogP contribution >= 0.6 is 0 Å². The van der Waals surface area contributed by atoms with Gasteiger partial charge in [0.05, 0.1) is 6.54 Å². The van der Waals surface area contributed by atoms with Crippen LogP contribution in [0.15, 0.2) is 29.4 Å². The van der Waals surface area contributed by atoms with E-state index in [0.717, 1.165) is 4.31 Å². The van der Waals surface area contributed by atoms with Crippen molar-refractivity contribution in [2.24, 2.45) is 0 Å². The van der Waals surface area contributed by atoms with Gasteiger partial charge in [-0.15, -0.1) is 0 Å². The minimum Gasteiger partial charge on any atom is -0.354 e. The molecule has 86 valence electrons. The van der Waals surface area contributed by atoms with Crippen LogP contribution in [0.2, 0.25) is 0 Å². The molecule has 0 aromatic carbocycles. The molecule has 1 saturated heterocycles. The SMILES string of the molecule is O=C1CN(S(=O)(=O)c2cccnc2)CCN1. The molecule has 0 radical (unpaired) electrons. The molecule has 1 amide bonds. The predicted molar refractivity (Wildman–Crippen MR) is 56.0 cm³/mol. The molecule has 0 bridgehead atoms. The molecule has 6 nitrogen and oxygen atoms in total. The lowest BCUT2D eigenvalue weighted by Crippen LogP contribution is -2.49. The van der Waals surface area contributed by atoms with E-state index in [1.807, 2.05) is 0 Å². The Labute approximate surface area is 93.3 Å². The molecular formula is C9H11N3O3S. The zero-order chi connectivity index (χ0) is 11.6. The van der Waals surface area contributed by atoms with Gasteiger partial charge in [-0.3, -0.25) is 9.78 Å². The number of carbonyl (C=O) groups is 1. The lowest BCUT2D eigenvalue weighted by atomic mass is 10.4. The smallest absolute Gasteiger partial charge is 0.245 e. The van der Waals surface area contributed by atoms with Gasteiger partial charge >= 0.3 is 0 Å². The monoisotopic (exact) mass is 241 g/mol. The molecule has 1 N–H and O–H groups in total. The first kappa shape index (κ1) is 11.0. The Morgan fingerprint density at radius 3 is 2.88 bits per heavy atom. The average Bonchev–Trinajstić information content (AvgIpc) is 2.30. The van der Waals surface area contributed by atoms with Gasteiger partial charge in [-0.2, -0.15) is 4.31 Å². The number of hydrogen-bond donors (Lipinski definition) is 1. The second kappa shape index (κ2) is 4.18. The molecule has 0 spiro atoms. The van der Waals surface area contributed by atoms with Crippen LogP contribution in [0.3, 0.4) is 0 Å². The molecule has 7 heteroatoms. The summed E-state index contributed by atoms with van der Waals surface area (Å²) in [4.78, 5) is 15.0. The fourth-order valence-electron chi connectivity index (χ4n) is 1.47. The maximum atomic E-state index is 12.0. The Morgan fingerprint density at radius 2 is 2.25 bits per heavy atom. The van der Waals surface area contributed by atoms with Gasteiger partial charge in [0.1, 0.15) is 4.90 Å². The summed E-state index contributed by atoms with van der Waals surface area (Å²) in [6, 6.07) is 3.02. The van der Waals surface area contributed by atoms with Crippen LogP contribution in [-0.2, 0) is 14.8 Å². The Bertz CT molecular complexity index is 486. The van der Waals surface area contributed by atoms with Crippen molar-refractivity contribution in [2.75, 3.05) is 19.6 Å². The topological polar surface area (TPSA) is 79.4 Å². The van der Waals surface area contributed by atoms with Crippen LogP contribution in [-0.4, -0.2) is 43.2 Å². The van der Waals surface area contributed by atoms with Crippen LogP contribution in [0.1, 0.15) is 0 Å². The lowest BCUT2D eigenvalue weighted by molar-refractivity contribution is -0.122. The number of pyridine rings is 1. The third-order valence-electron chi connectivity index (χ3n) is 2.28. The van der Waals surface area contributed by atoms with E-state index in [0.29, 0.717) is 13.1 Å². The zero-order valence-corrected chi connectivity index (χ0v) is 9.27. The molecule has 1 fully saturated rings. The highest BCUT2D eigenvalue weighted by molar-refractivity contribution is 7.89. The fourth-order valence-corrected chi connectivity index (χ4v) is 2.83. The number of carbonyl (C=O) groups excluding carboxylic acids is 1. The molecule has 1 aromatic rings. The number of aromatic nitrogens is 1. The highest BCUT2D eigenvalue weighted by Gasteiger charge is 2.28. The maximum absolute atomic E-state index is 12.0. The largest absolute Gasteiger partial charge is 0.354 e. The van der Waals surface area contributed by atoms with Gasteiger partial charge in [-0.25, -0.2) is 8.42 Å². The third kappa shape index (κ3) is 2.05. The first-order valence-electron chi connectivity index (χ1n) is 4.77. The van der Waals surface area contributed by atoms with Crippen molar-refractivity contribution in [1.82, 2.24) is 14.6 Å². The highest BCUT2D eigenvalue weighted by atomic mass is 32.2. The van der Waals surface area contributed by atoms with Crippen molar-refractivity contribution in [3.05, 3.63) is 24.5 Å². The molecule has 2 heterocycles. The molecule has 1 aliphatic heterocycles. The zero-order valence-electron chi connectivity index (χ0n) is 8.46. The lowest BCUT2D eigenvalue weighted by Gasteiger charge is -2.25. The van der Waals surface area contributed by atoms with Gasteiger partial charge in [-0.05, 0) is 12.1 Å². The quantitative estimate of drug-likeness (QED) is 0.735. The van der Waals surface area contributed by atoms with E-state index in [2.05, 4.69) is 10.3 Å². The van der Waals surface area contributed by atoms with Gasteiger partial charge in [0.15, 0.2) is 0 Å². The van der Waals surface area contributed by atoms with E-state index >= 15 is 0 Å². The van der Waals surface area contributed by atoms with Crippen molar-refractivity contribution in [2.45, 2.75) is 4.90 Å². The third-order valence-corrected chi connectivity index (χ3v) is 4.10. The molecule has 0 atom stereocenters. The van der Waals surface area contributed by atoms with Crippen LogP contribution in [0.4, 0.5) is 0 Å². The van der Waals surface area contributed by atoms with Crippen LogP contribution in [0.25, 0.3) is 0 Å². The number of nitrogens with zero attached hydrogens (tertiary/aromatic N) is 2. The number of hydrogen-bond acceptors (Lipinski definition) is 4. The second-order valence-corrected chi connectivity index (χ2v) is 5.32. The van der Waals surface area contributed by atoms with Crippen LogP contribution in [0.5, 0.6) is 0 Å². The van der Waals surface area contributed by atoms with Gasteiger partial charge < -0.3 is 5.32 Å². The van der Waals surface area contributed by atoms with E-state index in [-0.39, 0.29) is 17.3 Å². The second-order valence-electron chi connectivity index (χ2n) is 3.38. The summed E-state index contributed by atoms with van der Waals surface area (Å²) in [6.45, 7) is 0.512. The van der Waals surface area contributed by atoms with E-state index in [9.17, 15) is 13.2 Å². The van der Waals surface area contributed by atoms with Crippen molar-refractivity contribution in [1.29, 1.82) is 0 Å². The number of nitrogens with one attached hydrogen (secondary N) is 1. The summed E-state index contributed by atoms with van der Waals surface area (Å²) in [5, 5.41) is 2.57. The van der Waals surface area contributed by atoms with Gasteiger partial charge in [0.2, 0.25) is 15.9 Å². The molecule has 0 unspecified atom stereocenters.